The Kier molecular flexibility index (Phi) is 4.64. The van der Waals surface area contributed by atoms with Gasteiger partial charge in [0.05, 0.1) is 21.8 Å². The zero-order valence-corrected chi connectivity index (χ0v) is 13.9. The van der Waals surface area contributed by atoms with Crippen LogP contribution in [0.2, 0.25) is 4.34 Å². The first-order chi connectivity index (χ1) is 11.1. The molecule has 0 aliphatic heterocycles. The predicted octanol–water partition coefficient (Wildman–Crippen LogP) is 4.47. The van der Waals surface area contributed by atoms with Crippen LogP contribution in [0.25, 0.3) is 5.69 Å². The highest BCUT2D eigenvalue weighted by molar-refractivity contribution is 7.16. The third-order valence-electron chi connectivity index (χ3n) is 3.27. The minimum absolute atomic E-state index is 0.121. The molecule has 3 aromatic rings. The summed E-state index contributed by atoms with van der Waals surface area (Å²) in [5.74, 6) is 0. The van der Waals surface area contributed by atoms with Crippen molar-refractivity contribution in [3.05, 3.63) is 64.1 Å². The zero-order valence-electron chi connectivity index (χ0n) is 12.4. The molecule has 2 N–H and O–H groups in total. The Morgan fingerprint density at radius 1 is 1.26 bits per heavy atom. The van der Waals surface area contributed by atoms with Crippen molar-refractivity contribution in [1.82, 2.24) is 15.1 Å². The summed E-state index contributed by atoms with van der Waals surface area (Å²) in [5.41, 5.74) is 1.49. The van der Waals surface area contributed by atoms with E-state index in [0.29, 0.717) is 10.0 Å². The molecule has 0 unspecified atom stereocenters. The van der Waals surface area contributed by atoms with Crippen molar-refractivity contribution in [3.8, 4) is 5.69 Å². The molecule has 0 aliphatic rings. The number of para-hydroxylation sites is 2. The SMILES string of the molecule is C[C@H](NC(=O)Nc1ccccc1-n1cccn1)c1ccc(Cl)s1. The van der Waals surface area contributed by atoms with Crippen LogP contribution in [0.3, 0.4) is 0 Å². The van der Waals surface area contributed by atoms with Crippen molar-refractivity contribution in [3.63, 3.8) is 0 Å². The highest BCUT2D eigenvalue weighted by atomic mass is 35.5. The second-order valence-electron chi connectivity index (χ2n) is 4.93. The maximum Gasteiger partial charge on any atom is 0.319 e. The molecule has 1 atom stereocenters. The van der Waals surface area contributed by atoms with Crippen molar-refractivity contribution in [1.29, 1.82) is 0 Å². The first-order valence-electron chi connectivity index (χ1n) is 7.05. The van der Waals surface area contributed by atoms with Crippen molar-refractivity contribution in [2.45, 2.75) is 13.0 Å². The average Bonchev–Trinajstić information content (AvgIpc) is 3.19. The van der Waals surface area contributed by atoms with E-state index in [1.165, 1.54) is 11.3 Å². The van der Waals surface area contributed by atoms with Gasteiger partial charge in [0.25, 0.3) is 0 Å². The molecular formula is C16H15ClN4OS. The van der Waals surface area contributed by atoms with Crippen LogP contribution in [0.1, 0.15) is 17.8 Å². The van der Waals surface area contributed by atoms with E-state index in [1.807, 2.05) is 55.6 Å². The van der Waals surface area contributed by atoms with Crippen molar-refractivity contribution >= 4 is 34.7 Å². The lowest BCUT2D eigenvalue weighted by Gasteiger charge is -2.15. The molecule has 2 amide bonds. The van der Waals surface area contributed by atoms with Crippen molar-refractivity contribution in [2.24, 2.45) is 0 Å². The quantitative estimate of drug-likeness (QED) is 0.732. The zero-order chi connectivity index (χ0) is 16.2. The second-order valence-corrected chi connectivity index (χ2v) is 6.68. The van der Waals surface area contributed by atoms with Gasteiger partial charge in [-0.05, 0) is 37.3 Å². The molecule has 0 saturated heterocycles. The molecular weight excluding hydrogens is 332 g/mol. The lowest BCUT2D eigenvalue weighted by atomic mass is 10.2. The van der Waals surface area contributed by atoms with Gasteiger partial charge in [0.15, 0.2) is 0 Å². The summed E-state index contributed by atoms with van der Waals surface area (Å²) >= 11 is 7.38. The fraction of sp³-hybridized carbons (Fsp3) is 0.125. The molecule has 0 bridgehead atoms. The van der Waals surface area contributed by atoms with Gasteiger partial charge in [0.1, 0.15) is 0 Å². The highest BCUT2D eigenvalue weighted by Gasteiger charge is 2.13. The van der Waals surface area contributed by atoms with Crippen LogP contribution in [0.4, 0.5) is 10.5 Å². The van der Waals surface area contributed by atoms with E-state index in [0.717, 1.165) is 10.6 Å². The van der Waals surface area contributed by atoms with Crippen LogP contribution in [0.15, 0.2) is 54.9 Å². The molecule has 23 heavy (non-hydrogen) atoms. The summed E-state index contributed by atoms with van der Waals surface area (Å²) in [7, 11) is 0. The number of hydrogen-bond acceptors (Lipinski definition) is 3. The van der Waals surface area contributed by atoms with E-state index in [1.54, 1.807) is 10.9 Å². The number of benzene rings is 1. The molecule has 1 aromatic carbocycles. The van der Waals surface area contributed by atoms with Gasteiger partial charge < -0.3 is 10.6 Å². The van der Waals surface area contributed by atoms with Crippen molar-refractivity contribution < 1.29 is 4.79 Å². The van der Waals surface area contributed by atoms with Gasteiger partial charge in [-0.1, -0.05) is 23.7 Å². The second kappa shape index (κ2) is 6.85. The van der Waals surface area contributed by atoms with E-state index < -0.39 is 0 Å². The smallest absolute Gasteiger partial charge is 0.319 e. The van der Waals surface area contributed by atoms with E-state index in [-0.39, 0.29) is 12.1 Å². The summed E-state index contributed by atoms with van der Waals surface area (Å²) in [4.78, 5) is 13.2. The average molecular weight is 347 g/mol. The summed E-state index contributed by atoms with van der Waals surface area (Å²) in [6.45, 7) is 1.92. The molecule has 0 spiro atoms. The third kappa shape index (κ3) is 3.72. The molecule has 2 aromatic heterocycles. The van der Waals surface area contributed by atoms with Gasteiger partial charge in [0, 0.05) is 17.3 Å². The Morgan fingerprint density at radius 2 is 2.09 bits per heavy atom. The number of urea groups is 1. The molecule has 2 heterocycles. The molecule has 0 aliphatic carbocycles. The first kappa shape index (κ1) is 15.6. The number of rotatable bonds is 4. The molecule has 0 saturated carbocycles. The number of halogens is 1. The summed E-state index contributed by atoms with van der Waals surface area (Å²) in [5, 5.41) is 9.97. The van der Waals surface area contributed by atoms with E-state index in [9.17, 15) is 4.79 Å². The maximum absolute atomic E-state index is 12.2. The Labute approximate surface area is 142 Å². The number of amides is 2. The third-order valence-corrected chi connectivity index (χ3v) is 4.69. The van der Waals surface area contributed by atoms with Crippen LogP contribution < -0.4 is 10.6 Å². The topological polar surface area (TPSA) is 59.0 Å². The normalized spacial score (nSPS) is 11.9. The van der Waals surface area contributed by atoms with Gasteiger partial charge in [-0.2, -0.15) is 5.10 Å². The van der Waals surface area contributed by atoms with E-state index in [2.05, 4.69) is 15.7 Å². The predicted molar refractivity (Wildman–Crippen MR) is 93.5 cm³/mol. The fourth-order valence-corrected chi connectivity index (χ4v) is 3.24. The van der Waals surface area contributed by atoms with Crippen molar-refractivity contribution in [2.75, 3.05) is 5.32 Å². The Bertz CT molecular complexity index is 800. The lowest BCUT2D eigenvalue weighted by molar-refractivity contribution is 0.249. The van der Waals surface area contributed by atoms with Crippen LogP contribution in [0, 0.1) is 0 Å². The molecule has 3 rings (SSSR count). The van der Waals surface area contributed by atoms with E-state index >= 15 is 0 Å². The van der Waals surface area contributed by atoms with Gasteiger partial charge in [-0.15, -0.1) is 11.3 Å². The number of anilines is 1. The summed E-state index contributed by atoms with van der Waals surface area (Å²) < 4.78 is 2.41. The van der Waals surface area contributed by atoms with Gasteiger partial charge >= 0.3 is 6.03 Å². The Morgan fingerprint density at radius 3 is 2.78 bits per heavy atom. The van der Waals surface area contributed by atoms with Gasteiger partial charge in [-0.3, -0.25) is 0 Å². The number of carbonyl (C=O) groups excluding carboxylic acids is 1. The minimum Gasteiger partial charge on any atom is -0.331 e. The Balaban J connectivity index is 1.71. The number of nitrogens with one attached hydrogen (secondary N) is 2. The minimum atomic E-state index is -0.276. The monoisotopic (exact) mass is 346 g/mol. The number of nitrogens with zero attached hydrogens (tertiary/aromatic N) is 2. The largest absolute Gasteiger partial charge is 0.331 e. The molecule has 0 fully saturated rings. The highest BCUT2D eigenvalue weighted by Crippen LogP contribution is 2.26. The number of carbonyl (C=O) groups is 1. The summed E-state index contributed by atoms with van der Waals surface area (Å²) in [6.07, 6.45) is 3.52. The van der Waals surface area contributed by atoms with Gasteiger partial charge in [-0.25, -0.2) is 9.48 Å². The van der Waals surface area contributed by atoms with Gasteiger partial charge in [0.2, 0.25) is 0 Å². The molecule has 7 heteroatoms. The fourth-order valence-electron chi connectivity index (χ4n) is 2.18. The van der Waals surface area contributed by atoms with Crippen LogP contribution >= 0.6 is 22.9 Å². The summed E-state index contributed by atoms with van der Waals surface area (Å²) in [6, 6.07) is 12.7. The molecule has 118 valence electrons. The Hall–Kier alpha value is -2.31. The standard InChI is InChI=1S/C16H15ClN4OS/c1-11(14-7-8-15(17)23-14)19-16(22)20-12-5-2-3-6-13(12)21-10-4-9-18-21/h2-11H,1H3,(H2,19,20,22)/t11-/m0/s1. The van der Waals surface area contributed by atoms with Crippen LogP contribution in [-0.4, -0.2) is 15.8 Å². The molecule has 5 nitrogen and oxygen atoms in total. The van der Waals surface area contributed by atoms with Crippen LogP contribution in [0.5, 0.6) is 0 Å². The number of aromatic nitrogens is 2. The van der Waals surface area contributed by atoms with Crippen LogP contribution in [-0.2, 0) is 0 Å². The first-order valence-corrected chi connectivity index (χ1v) is 8.25. The molecule has 0 radical (unpaired) electrons. The maximum atomic E-state index is 12.2. The number of hydrogen-bond donors (Lipinski definition) is 2. The van der Waals surface area contributed by atoms with E-state index in [4.69, 9.17) is 11.6 Å². The lowest BCUT2D eigenvalue weighted by Crippen LogP contribution is -2.31. The number of thiophene rings is 1.